The summed E-state index contributed by atoms with van der Waals surface area (Å²) in [5.74, 6) is -0.152. The third-order valence-corrected chi connectivity index (χ3v) is 3.31. The van der Waals surface area contributed by atoms with E-state index in [9.17, 15) is 13.2 Å². The number of carbonyl (C=O) groups excluding carboxylic acids is 1. The molecule has 0 aromatic heterocycles. The van der Waals surface area contributed by atoms with E-state index in [1.54, 1.807) is 24.3 Å². The summed E-state index contributed by atoms with van der Waals surface area (Å²) in [6.07, 6.45) is 1.10. The number of sulfonamides is 1. The third kappa shape index (κ3) is 2.56. The summed E-state index contributed by atoms with van der Waals surface area (Å²) in [5.41, 5.74) is 0.818. The highest BCUT2D eigenvalue weighted by Gasteiger charge is 2.16. The fraction of sp³-hybridized carbons (Fsp3) is 0.300. The van der Waals surface area contributed by atoms with Crippen molar-refractivity contribution < 1.29 is 13.2 Å². The second-order valence-electron chi connectivity index (χ2n) is 3.30. The van der Waals surface area contributed by atoms with Crippen molar-refractivity contribution in [3.63, 3.8) is 0 Å². The van der Waals surface area contributed by atoms with Crippen molar-refractivity contribution in [3.8, 4) is 0 Å². The summed E-state index contributed by atoms with van der Waals surface area (Å²) in [4.78, 5) is 11.3. The van der Waals surface area contributed by atoms with Crippen LogP contribution in [0.4, 0.5) is 5.69 Å². The molecule has 0 bridgehead atoms. The van der Waals surface area contributed by atoms with E-state index in [1.165, 1.54) is 14.0 Å². The molecule has 0 aliphatic carbocycles. The van der Waals surface area contributed by atoms with E-state index in [4.69, 9.17) is 0 Å². The van der Waals surface area contributed by atoms with Gasteiger partial charge in [-0.25, -0.2) is 8.42 Å². The quantitative estimate of drug-likeness (QED) is 0.731. The highest BCUT2D eigenvalue weighted by molar-refractivity contribution is 7.92. The molecule has 0 radical (unpaired) electrons. The molecule has 0 saturated heterocycles. The molecular weight excluding hydrogens is 214 g/mol. The standard InChI is InChI=1S/C10H13NO3S/c1-8(12)9-6-4-5-7-10(9)11(2)15(3,13)14/h4-7H,1-3H3. The number of anilines is 1. The summed E-state index contributed by atoms with van der Waals surface area (Å²) < 4.78 is 23.7. The zero-order valence-corrected chi connectivity index (χ0v) is 9.71. The molecule has 1 aromatic rings. The van der Waals surface area contributed by atoms with Crippen LogP contribution in [0.1, 0.15) is 17.3 Å². The van der Waals surface area contributed by atoms with Crippen LogP contribution in [-0.4, -0.2) is 27.5 Å². The average Bonchev–Trinajstić information content (AvgIpc) is 2.15. The van der Waals surface area contributed by atoms with Gasteiger partial charge < -0.3 is 0 Å². The molecule has 0 aliphatic rings. The van der Waals surface area contributed by atoms with Crippen LogP contribution in [0.2, 0.25) is 0 Å². The van der Waals surface area contributed by atoms with Crippen LogP contribution in [0, 0.1) is 0 Å². The molecule has 0 fully saturated rings. The van der Waals surface area contributed by atoms with Gasteiger partial charge in [-0.05, 0) is 19.1 Å². The Morgan fingerprint density at radius 2 is 1.80 bits per heavy atom. The Kier molecular flexibility index (Phi) is 3.14. The number of ketones is 1. The Balaban J connectivity index is 3.32. The van der Waals surface area contributed by atoms with Gasteiger partial charge in [0.1, 0.15) is 0 Å². The van der Waals surface area contributed by atoms with E-state index in [-0.39, 0.29) is 5.78 Å². The molecule has 0 spiro atoms. The van der Waals surface area contributed by atoms with Crippen LogP contribution in [0.15, 0.2) is 24.3 Å². The van der Waals surface area contributed by atoms with Gasteiger partial charge in [0.15, 0.2) is 5.78 Å². The van der Waals surface area contributed by atoms with E-state index in [2.05, 4.69) is 0 Å². The maximum atomic E-state index is 11.3. The molecule has 0 heterocycles. The second-order valence-corrected chi connectivity index (χ2v) is 5.32. The molecule has 1 aromatic carbocycles. The van der Waals surface area contributed by atoms with Crippen molar-refractivity contribution in [3.05, 3.63) is 29.8 Å². The summed E-state index contributed by atoms with van der Waals surface area (Å²) in [6, 6.07) is 6.62. The van der Waals surface area contributed by atoms with E-state index in [0.29, 0.717) is 11.3 Å². The second kappa shape index (κ2) is 4.02. The highest BCUT2D eigenvalue weighted by atomic mass is 32.2. The van der Waals surface area contributed by atoms with Crippen LogP contribution in [0.3, 0.4) is 0 Å². The van der Waals surface area contributed by atoms with Gasteiger partial charge in [-0.3, -0.25) is 9.10 Å². The van der Waals surface area contributed by atoms with Crippen LogP contribution >= 0.6 is 0 Å². The Bertz CT molecular complexity index is 479. The van der Waals surface area contributed by atoms with Crippen LogP contribution in [0.5, 0.6) is 0 Å². The number of rotatable bonds is 3. The van der Waals surface area contributed by atoms with E-state index >= 15 is 0 Å². The molecule has 0 N–H and O–H groups in total. The Labute approximate surface area is 89.6 Å². The number of para-hydroxylation sites is 1. The van der Waals surface area contributed by atoms with Gasteiger partial charge in [0.2, 0.25) is 10.0 Å². The van der Waals surface area contributed by atoms with Crippen LogP contribution in [0.25, 0.3) is 0 Å². The normalized spacial score (nSPS) is 11.1. The molecule has 4 nitrogen and oxygen atoms in total. The SMILES string of the molecule is CC(=O)c1ccccc1N(C)S(C)(=O)=O. The molecule has 0 aliphatic heterocycles. The van der Waals surface area contributed by atoms with Crippen molar-refractivity contribution in [2.24, 2.45) is 0 Å². The summed E-state index contributed by atoms with van der Waals surface area (Å²) in [5, 5.41) is 0. The molecule has 0 amide bonds. The van der Waals surface area contributed by atoms with Gasteiger partial charge in [0.05, 0.1) is 11.9 Å². The van der Waals surface area contributed by atoms with Gasteiger partial charge in [0, 0.05) is 12.6 Å². The van der Waals surface area contributed by atoms with Gasteiger partial charge >= 0.3 is 0 Å². The minimum Gasteiger partial charge on any atom is -0.294 e. The molecule has 0 unspecified atom stereocenters. The Morgan fingerprint density at radius 1 is 1.27 bits per heavy atom. The molecule has 1 rings (SSSR count). The minimum atomic E-state index is -3.33. The Morgan fingerprint density at radius 3 is 2.27 bits per heavy atom. The van der Waals surface area contributed by atoms with E-state index in [0.717, 1.165) is 10.6 Å². The average molecular weight is 227 g/mol. The first kappa shape index (κ1) is 11.7. The highest BCUT2D eigenvalue weighted by Crippen LogP contribution is 2.21. The number of benzene rings is 1. The first-order valence-electron chi connectivity index (χ1n) is 4.38. The largest absolute Gasteiger partial charge is 0.294 e. The fourth-order valence-corrected chi connectivity index (χ4v) is 1.74. The summed E-state index contributed by atoms with van der Waals surface area (Å²) in [6.45, 7) is 1.41. The van der Waals surface area contributed by atoms with E-state index < -0.39 is 10.0 Å². The number of nitrogens with zero attached hydrogens (tertiary/aromatic N) is 1. The third-order valence-electron chi connectivity index (χ3n) is 2.12. The molecule has 0 saturated carbocycles. The van der Waals surface area contributed by atoms with Crippen molar-refractivity contribution in [1.82, 2.24) is 0 Å². The fourth-order valence-electron chi connectivity index (χ4n) is 1.22. The zero-order chi connectivity index (χ0) is 11.6. The lowest BCUT2D eigenvalue weighted by Crippen LogP contribution is -2.26. The lowest BCUT2D eigenvalue weighted by Gasteiger charge is -2.18. The van der Waals surface area contributed by atoms with Crippen molar-refractivity contribution >= 4 is 21.5 Å². The summed E-state index contributed by atoms with van der Waals surface area (Å²) >= 11 is 0. The van der Waals surface area contributed by atoms with Gasteiger partial charge in [-0.2, -0.15) is 0 Å². The molecule has 82 valence electrons. The Hall–Kier alpha value is -1.36. The predicted molar refractivity (Wildman–Crippen MR) is 59.7 cm³/mol. The van der Waals surface area contributed by atoms with Gasteiger partial charge in [-0.1, -0.05) is 12.1 Å². The van der Waals surface area contributed by atoms with Crippen molar-refractivity contribution in [2.45, 2.75) is 6.92 Å². The minimum absolute atomic E-state index is 0.152. The lowest BCUT2D eigenvalue weighted by molar-refractivity contribution is 0.101. The molecular formula is C10H13NO3S. The van der Waals surface area contributed by atoms with Crippen LogP contribution < -0.4 is 4.31 Å². The monoisotopic (exact) mass is 227 g/mol. The van der Waals surface area contributed by atoms with Crippen molar-refractivity contribution in [2.75, 3.05) is 17.6 Å². The predicted octanol–water partition coefficient (Wildman–Crippen LogP) is 1.29. The molecule has 0 atom stereocenters. The number of hydrogen-bond donors (Lipinski definition) is 0. The summed E-state index contributed by atoms with van der Waals surface area (Å²) in [7, 11) is -1.90. The maximum absolute atomic E-state index is 11.3. The van der Waals surface area contributed by atoms with E-state index in [1.807, 2.05) is 0 Å². The number of carbonyl (C=O) groups is 1. The zero-order valence-electron chi connectivity index (χ0n) is 8.89. The smallest absolute Gasteiger partial charge is 0.232 e. The van der Waals surface area contributed by atoms with Crippen molar-refractivity contribution in [1.29, 1.82) is 0 Å². The number of Topliss-reactive ketones (excluding diaryl/α,β-unsaturated/α-hetero) is 1. The number of hydrogen-bond acceptors (Lipinski definition) is 3. The molecule has 5 heteroatoms. The van der Waals surface area contributed by atoms with Gasteiger partial charge in [0.25, 0.3) is 0 Å². The first-order valence-corrected chi connectivity index (χ1v) is 6.22. The maximum Gasteiger partial charge on any atom is 0.232 e. The first-order chi connectivity index (χ1) is 6.84. The lowest BCUT2D eigenvalue weighted by atomic mass is 10.1. The topological polar surface area (TPSA) is 54.5 Å². The van der Waals surface area contributed by atoms with Crippen LogP contribution in [-0.2, 0) is 10.0 Å². The molecule has 15 heavy (non-hydrogen) atoms. The van der Waals surface area contributed by atoms with Gasteiger partial charge in [-0.15, -0.1) is 0 Å².